The van der Waals surface area contributed by atoms with E-state index in [2.05, 4.69) is 79.7 Å². The molecule has 0 spiro atoms. The molecule has 4 aliphatic carbocycles. The normalized spacial score (nSPS) is 49.9. The van der Waals surface area contributed by atoms with Crippen molar-refractivity contribution in [3.05, 3.63) is 83.9 Å². The van der Waals surface area contributed by atoms with Gasteiger partial charge >= 0.3 is 0 Å². The Hall–Kier alpha value is -2.22. The first-order chi connectivity index (χ1) is 13.3. The lowest BCUT2D eigenvalue weighted by molar-refractivity contribution is -0.0223. The van der Waals surface area contributed by atoms with E-state index < -0.39 is 0 Å². The third-order valence-electron chi connectivity index (χ3n) is 8.72. The van der Waals surface area contributed by atoms with Crippen LogP contribution in [-0.2, 0) is 11.1 Å². The summed E-state index contributed by atoms with van der Waals surface area (Å²) in [5.41, 5.74) is 2.61. The minimum absolute atomic E-state index is 0.100. The third kappa shape index (κ3) is 1.46. The number of azo groups is 1. The van der Waals surface area contributed by atoms with E-state index in [9.17, 15) is 0 Å². The second-order valence-corrected chi connectivity index (χ2v) is 9.49. The summed E-state index contributed by atoms with van der Waals surface area (Å²) in [7, 11) is 0. The Balaban J connectivity index is 1.54. The van der Waals surface area contributed by atoms with Crippen molar-refractivity contribution >= 4 is 0 Å². The topological polar surface area (TPSA) is 24.7 Å². The Morgan fingerprint density at radius 1 is 0.667 bits per heavy atom. The average Bonchev–Trinajstić information content (AvgIpc) is 3.10. The molecule has 0 saturated heterocycles. The summed E-state index contributed by atoms with van der Waals surface area (Å²) in [4.78, 5) is 0. The summed E-state index contributed by atoms with van der Waals surface area (Å²) in [6.45, 7) is 2.46. The molecule has 2 aromatic carbocycles. The summed E-state index contributed by atoms with van der Waals surface area (Å²) in [5, 5.41) is 10.5. The van der Waals surface area contributed by atoms with E-state index in [1.54, 1.807) is 0 Å². The first kappa shape index (κ1) is 14.8. The molecule has 9 atom stereocenters. The van der Waals surface area contributed by atoms with Gasteiger partial charge in [-0.1, -0.05) is 79.7 Å². The average molecular weight is 352 g/mol. The van der Waals surface area contributed by atoms with Crippen molar-refractivity contribution in [3.63, 3.8) is 0 Å². The molecule has 2 nitrogen and oxygen atoms in total. The van der Waals surface area contributed by atoms with E-state index in [0.717, 1.165) is 0 Å². The van der Waals surface area contributed by atoms with Crippen LogP contribution in [0.3, 0.4) is 0 Å². The molecular formula is C25H24N2. The number of hydrogen-bond donors (Lipinski definition) is 0. The van der Waals surface area contributed by atoms with Crippen molar-refractivity contribution in [3.8, 4) is 0 Å². The lowest BCUT2D eigenvalue weighted by Gasteiger charge is -2.57. The zero-order chi connectivity index (χ0) is 17.8. The Morgan fingerprint density at radius 3 is 1.56 bits per heavy atom. The lowest BCUT2D eigenvalue weighted by Crippen LogP contribution is -2.58. The molecule has 134 valence electrons. The monoisotopic (exact) mass is 352 g/mol. The van der Waals surface area contributed by atoms with Gasteiger partial charge in [0, 0.05) is 11.8 Å². The Morgan fingerprint density at radius 2 is 1.11 bits per heavy atom. The van der Waals surface area contributed by atoms with Gasteiger partial charge in [-0.25, -0.2) is 0 Å². The molecule has 2 aliphatic heterocycles. The maximum absolute atomic E-state index is 5.27. The van der Waals surface area contributed by atoms with Crippen molar-refractivity contribution in [1.29, 1.82) is 0 Å². The van der Waals surface area contributed by atoms with Crippen molar-refractivity contribution in [2.75, 3.05) is 0 Å². The molecule has 2 aromatic rings. The Labute approximate surface area is 160 Å². The van der Waals surface area contributed by atoms with Crippen LogP contribution < -0.4 is 0 Å². The van der Waals surface area contributed by atoms with Gasteiger partial charge in [0.05, 0.1) is 0 Å². The largest absolute Gasteiger partial charge is 0.181 e. The van der Waals surface area contributed by atoms with Gasteiger partial charge in [0.15, 0.2) is 0 Å². The highest BCUT2D eigenvalue weighted by Crippen LogP contribution is 2.81. The standard InChI is InChI=1S/C25H24N2/c1-15-20-21(15)25(19-10-6-3-7-11-19)23-17-13-12-16(14-17)22(23)24(20,26-27-25)18-8-4-2-5-9-18/h2-13,15-17,20-23H,14H2,1H3/t15?,16-,17+,20-,21+,22+,23-,24-,25+. The van der Waals surface area contributed by atoms with Crippen LogP contribution in [0.1, 0.15) is 24.5 Å². The van der Waals surface area contributed by atoms with Gasteiger partial charge in [0.1, 0.15) is 11.1 Å². The van der Waals surface area contributed by atoms with Gasteiger partial charge in [-0.05, 0) is 47.1 Å². The van der Waals surface area contributed by atoms with Crippen molar-refractivity contribution in [2.24, 2.45) is 51.7 Å². The highest BCUT2D eigenvalue weighted by Gasteiger charge is 2.82. The number of allylic oxidation sites excluding steroid dienone is 2. The minimum atomic E-state index is -0.100. The highest BCUT2D eigenvalue weighted by molar-refractivity contribution is 5.46. The fourth-order valence-corrected chi connectivity index (χ4v) is 8.01. The number of nitrogens with zero attached hydrogens (tertiary/aromatic N) is 2. The SMILES string of the molecule is CC1[C@@H]2[C@H]1[C@]1(c3ccccc3)N=N[C@@]2(c2ccccc2)[C@@H]2[C@H]1[C@H]1C=C[C@@H]2C1. The third-order valence-corrected chi connectivity index (χ3v) is 8.72. The van der Waals surface area contributed by atoms with E-state index in [4.69, 9.17) is 10.2 Å². The van der Waals surface area contributed by atoms with Gasteiger partial charge in [0.2, 0.25) is 0 Å². The van der Waals surface area contributed by atoms with Gasteiger partial charge < -0.3 is 0 Å². The van der Waals surface area contributed by atoms with Crippen LogP contribution in [0.25, 0.3) is 0 Å². The molecule has 8 rings (SSSR count). The van der Waals surface area contributed by atoms with Crippen LogP contribution in [0, 0.1) is 41.4 Å². The number of hydrogen-bond acceptors (Lipinski definition) is 2. The van der Waals surface area contributed by atoms with E-state index in [-0.39, 0.29) is 11.1 Å². The van der Waals surface area contributed by atoms with Crippen LogP contribution in [0.5, 0.6) is 0 Å². The molecule has 27 heavy (non-hydrogen) atoms. The molecule has 3 saturated carbocycles. The van der Waals surface area contributed by atoms with E-state index in [1.807, 2.05) is 0 Å². The smallest absolute Gasteiger partial charge is 0.114 e. The summed E-state index contributed by atoms with van der Waals surface area (Å²) < 4.78 is 0. The van der Waals surface area contributed by atoms with Crippen LogP contribution in [0.4, 0.5) is 0 Å². The van der Waals surface area contributed by atoms with Crippen molar-refractivity contribution < 1.29 is 0 Å². The molecule has 3 fully saturated rings. The predicted molar refractivity (Wildman–Crippen MR) is 105 cm³/mol. The van der Waals surface area contributed by atoms with E-state index in [1.165, 1.54) is 17.5 Å². The molecule has 0 amide bonds. The molecule has 2 heterocycles. The maximum atomic E-state index is 5.27. The van der Waals surface area contributed by atoms with Crippen molar-refractivity contribution in [2.45, 2.75) is 24.4 Å². The summed E-state index contributed by atoms with van der Waals surface area (Å²) in [5.74, 6) is 4.47. The lowest BCUT2D eigenvalue weighted by atomic mass is 9.52. The Bertz CT molecular complexity index is 902. The molecule has 0 radical (unpaired) electrons. The van der Waals surface area contributed by atoms with Crippen molar-refractivity contribution in [1.82, 2.24) is 0 Å². The highest BCUT2D eigenvalue weighted by atomic mass is 15.3. The van der Waals surface area contributed by atoms with Gasteiger partial charge in [-0.3, -0.25) is 0 Å². The fraction of sp³-hybridized carbons (Fsp3) is 0.440. The van der Waals surface area contributed by atoms with Crippen LogP contribution in [0.15, 0.2) is 83.0 Å². The molecule has 0 aromatic heterocycles. The van der Waals surface area contributed by atoms with Crippen LogP contribution >= 0.6 is 0 Å². The zero-order valence-corrected chi connectivity index (χ0v) is 15.6. The molecular weight excluding hydrogens is 328 g/mol. The molecule has 4 bridgehead atoms. The summed E-state index contributed by atoms with van der Waals surface area (Å²) in [6, 6.07) is 22.3. The first-order valence-electron chi connectivity index (χ1n) is 10.5. The molecule has 1 unspecified atom stereocenters. The first-order valence-corrected chi connectivity index (χ1v) is 10.5. The fourth-order valence-electron chi connectivity index (χ4n) is 8.01. The summed E-state index contributed by atoms with van der Waals surface area (Å²) >= 11 is 0. The Kier molecular flexibility index (Phi) is 2.52. The quantitative estimate of drug-likeness (QED) is 0.631. The van der Waals surface area contributed by atoms with Crippen LogP contribution in [0.2, 0.25) is 0 Å². The maximum Gasteiger partial charge on any atom is 0.114 e. The molecule has 2 heteroatoms. The minimum Gasteiger partial charge on any atom is -0.181 e. The van der Waals surface area contributed by atoms with Gasteiger partial charge in [-0.2, -0.15) is 10.2 Å². The van der Waals surface area contributed by atoms with E-state index in [0.29, 0.717) is 41.4 Å². The molecule has 0 N–H and O–H groups in total. The number of rotatable bonds is 2. The number of fused-ring (bicyclic) bond motifs is 2. The van der Waals surface area contributed by atoms with Gasteiger partial charge in [-0.15, -0.1) is 0 Å². The number of benzene rings is 2. The van der Waals surface area contributed by atoms with E-state index >= 15 is 0 Å². The van der Waals surface area contributed by atoms with Crippen LogP contribution in [-0.4, -0.2) is 0 Å². The summed E-state index contributed by atoms with van der Waals surface area (Å²) in [6.07, 6.45) is 6.32. The second kappa shape index (κ2) is 4.60. The predicted octanol–water partition coefficient (Wildman–Crippen LogP) is 5.58. The second-order valence-electron chi connectivity index (χ2n) is 9.49. The zero-order valence-electron chi connectivity index (χ0n) is 15.6. The van der Waals surface area contributed by atoms with Gasteiger partial charge in [0.25, 0.3) is 0 Å². The molecule has 6 aliphatic rings.